The van der Waals surface area contributed by atoms with E-state index in [0.29, 0.717) is 47.4 Å². The van der Waals surface area contributed by atoms with Crippen LogP contribution in [0.1, 0.15) is 55.8 Å². The van der Waals surface area contributed by atoms with Crippen LogP contribution < -0.4 is 14.8 Å². The van der Waals surface area contributed by atoms with Gasteiger partial charge in [-0.05, 0) is 55.9 Å². The maximum atomic E-state index is 13.0. The summed E-state index contributed by atoms with van der Waals surface area (Å²) in [6, 6.07) is 9.68. The third-order valence-corrected chi connectivity index (χ3v) is 6.98. The minimum Gasteiger partial charge on any atom is -0.486 e. The number of hydrogen-bond donors (Lipinski definition) is 1. The third kappa shape index (κ3) is 5.13. The van der Waals surface area contributed by atoms with Crippen molar-refractivity contribution in [3.05, 3.63) is 41.1 Å². The van der Waals surface area contributed by atoms with Gasteiger partial charge in [-0.3, -0.25) is 4.79 Å². The molecule has 0 radical (unpaired) electrons. The Labute approximate surface area is 187 Å². The van der Waals surface area contributed by atoms with E-state index < -0.39 is 0 Å². The molecule has 0 bridgehead atoms. The van der Waals surface area contributed by atoms with Crippen LogP contribution in [0.25, 0.3) is 0 Å². The van der Waals surface area contributed by atoms with Crippen LogP contribution in [0, 0.1) is 11.3 Å². The number of pyridine rings is 1. The number of aromatic nitrogens is 1. The highest BCUT2D eigenvalue weighted by molar-refractivity contribution is 8.00. The number of thioether (sulfide) groups is 1. The van der Waals surface area contributed by atoms with Crippen molar-refractivity contribution in [1.29, 1.82) is 5.26 Å². The second kappa shape index (κ2) is 10.1. The molecular weight excluding hydrogens is 410 g/mol. The zero-order chi connectivity index (χ0) is 21.6. The number of anilines is 1. The van der Waals surface area contributed by atoms with Crippen LogP contribution in [-0.4, -0.2) is 29.4 Å². The van der Waals surface area contributed by atoms with Crippen molar-refractivity contribution in [1.82, 2.24) is 4.98 Å². The third-order valence-electron chi connectivity index (χ3n) is 5.61. The SMILES string of the molecule is CCC(Sc1nc2c(cc1C#N)CCCCCC2)C(=O)Nc1ccc2c(c1)OCCO2. The Morgan fingerprint density at radius 2 is 1.94 bits per heavy atom. The molecule has 1 N–H and O–H groups in total. The summed E-state index contributed by atoms with van der Waals surface area (Å²) in [5.41, 5.74) is 3.51. The number of carbonyl (C=O) groups excluding carboxylic acids is 1. The highest BCUT2D eigenvalue weighted by atomic mass is 32.2. The lowest BCUT2D eigenvalue weighted by molar-refractivity contribution is -0.115. The Bertz CT molecular complexity index is 1000. The quantitative estimate of drug-likeness (QED) is 0.670. The summed E-state index contributed by atoms with van der Waals surface area (Å²) in [6.45, 7) is 3.00. The smallest absolute Gasteiger partial charge is 0.237 e. The summed E-state index contributed by atoms with van der Waals surface area (Å²) >= 11 is 1.38. The van der Waals surface area contributed by atoms with Gasteiger partial charge in [0.2, 0.25) is 5.91 Å². The first-order valence-corrected chi connectivity index (χ1v) is 11.9. The van der Waals surface area contributed by atoms with Crippen molar-refractivity contribution >= 4 is 23.4 Å². The topological polar surface area (TPSA) is 84.2 Å². The standard InChI is InChI=1S/C24H27N3O3S/c1-2-22(23(28)26-18-9-10-20-21(14-18)30-12-11-29-20)31-24-17(15-25)13-16-7-5-3-4-6-8-19(16)27-24/h9-10,13-14,22H,2-8,11-12H2,1H3,(H,26,28). The van der Waals surface area contributed by atoms with Crippen LogP contribution >= 0.6 is 11.8 Å². The Balaban J connectivity index is 1.51. The molecule has 0 fully saturated rings. The average molecular weight is 438 g/mol. The molecule has 1 aromatic heterocycles. The van der Waals surface area contributed by atoms with Gasteiger partial charge < -0.3 is 14.8 Å². The molecule has 1 aliphatic heterocycles. The van der Waals surface area contributed by atoms with E-state index in [4.69, 9.17) is 14.5 Å². The van der Waals surface area contributed by atoms with Gasteiger partial charge in [-0.2, -0.15) is 5.26 Å². The first-order valence-electron chi connectivity index (χ1n) is 11.0. The second-order valence-electron chi connectivity index (χ2n) is 7.84. The minimum absolute atomic E-state index is 0.110. The molecule has 1 aliphatic carbocycles. The lowest BCUT2D eigenvalue weighted by Crippen LogP contribution is -2.25. The van der Waals surface area contributed by atoms with Crippen molar-refractivity contribution in [2.24, 2.45) is 0 Å². The molecule has 6 nitrogen and oxygen atoms in total. The molecule has 2 aliphatic rings. The second-order valence-corrected chi connectivity index (χ2v) is 9.03. The van der Waals surface area contributed by atoms with Crippen LogP contribution in [0.15, 0.2) is 29.3 Å². The summed E-state index contributed by atoms with van der Waals surface area (Å²) in [5.74, 6) is 1.22. The van der Waals surface area contributed by atoms with Crippen LogP contribution in [0.4, 0.5) is 5.69 Å². The van der Waals surface area contributed by atoms with Crippen molar-refractivity contribution in [3.8, 4) is 17.6 Å². The number of nitrogens with one attached hydrogen (secondary N) is 1. The van der Waals surface area contributed by atoms with Crippen molar-refractivity contribution in [2.75, 3.05) is 18.5 Å². The first kappa shape index (κ1) is 21.5. The van der Waals surface area contributed by atoms with E-state index in [1.54, 1.807) is 6.07 Å². The molecule has 4 rings (SSSR count). The van der Waals surface area contributed by atoms with Crippen LogP contribution in [-0.2, 0) is 17.6 Å². The normalized spacial score (nSPS) is 16.3. The maximum Gasteiger partial charge on any atom is 0.237 e. The number of ether oxygens (including phenoxy) is 2. The molecule has 0 saturated carbocycles. The molecule has 1 unspecified atom stereocenters. The van der Waals surface area contributed by atoms with Gasteiger partial charge in [0.1, 0.15) is 24.3 Å². The van der Waals surface area contributed by atoms with E-state index in [2.05, 4.69) is 11.4 Å². The molecule has 31 heavy (non-hydrogen) atoms. The van der Waals surface area contributed by atoms with Gasteiger partial charge in [0.05, 0.1) is 10.8 Å². The number of benzene rings is 1. The molecule has 7 heteroatoms. The van der Waals surface area contributed by atoms with Crippen molar-refractivity contribution in [3.63, 3.8) is 0 Å². The highest BCUT2D eigenvalue weighted by Gasteiger charge is 2.23. The van der Waals surface area contributed by atoms with Gasteiger partial charge in [-0.1, -0.05) is 31.5 Å². The Kier molecular flexibility index (Phi) is 6.98. The van der Waals surface area contributed by atoms with E-state index in [1.807, 2.05) is 25.1 Å². The number of fused-ring (bicyclic) bond motifs is 2. The van der Waals surface area contributed by atoms with Crippen LogP contribution in [0.2, 0.25) is 0 Å². The fourth-order valence-corrected chi connectivity index (χ4v) is 4.94. The number of nitrogens with zero attached hydrogens (tertiary/aromatic N) is 2. The van der Waals surface area contributed by atoms with Crippen molar-refractivity contribution in [2.45, 2.75) is 62.1 Å². The lowest BCUT2D eigenvalue weighted by Gasteiger charge is -2.20. The summed E-state index contributed by atoms with van der Waals surface area (Å²) < 4.78 is 11.1. The van der Waals surface area contributed by atoms with Crippen LogP contribution in [0.3, 0.4) is 0 Å². The fourth-order valence-electron chi connectivity index (χ4n) is 3.94. The Morgan fingerprint density at radius 1 is 1.16 bits per heavy atom. The molecule has 1 atom stereocenters. The Morgan fingerprint density at radius 3 is 2.71 bits per heavy atom. The van der Waals surface area contributed by atoms with E-state index in [9.17, 15) is 10.1 Å². The van der Waals surface area contributed by atoms with E-state index in [-0.39, 0.29) is 11.2 Å². The number of rotatable bonds is 5. The van der Waals surface area contributed by atoms with Crippen LogP contribution in [0.5, 0.6) is 11.5 Å². The maximum absolute atomic E-state index is 13.0. The van der Waals surface area contributed by atoms with E-state index in [1.165, 1.54) is 30.2 Å². The zero-order valence-electron chi connectivity index (χ0n) is 17.8. The van der Waals surface area contributed by atoms with Gasteiger partial charge in [0, 0.05) is 17.4 Å². The number of hydrogen-bond acceptors (Lipinski definition) is 6. The number of aryl methyl sites for hydroxylation is 2. The monoisotopic (exact) mass is 437 g/mol. The molecule has 162 valence electrons. The van der Waals surface area contributed by atoms with E-state index in [0.717, 1.165) is 31.4 Å². The van der Waals surface area contributed by atoms with Gasteiger partial charge in [0.15, 0.2) is 11.5 Å². The fraction of sp³-hybridized carbons (Fsp3) is 0.458. The molecule has 1 aromatic carbocycles. The molecule has 0 saturated heterocycles. The van der Waals surface area contributed by atoms with Gasteiger partial charge in [-0.25, -0.2) is 4.98 Å². The molecule has 2 heterocycles. The molecule has 1 amide bonds. The summed E-state index contributed by atoms with van der Waals surface area (Å²) in [4.78, 5) is 17.8. The average Bonchev–Trinajstić information content (AvgIpc) is 2.78. The predicted molar refractivity (Wildman–Crippen MR) is 121 cm³/mol. The number of carbonyl (C=O) groups is 1. The first-order chi connectivity index (χ1) is 15.2. The zero-order valence-corrected chi connectivity index (χ0v) is 18.6. The minimum atomic E-state index is -0.348. The predicted octanol–water partition coefficient (Wildman–Crippen LogP) is 4.89. The molecular formula is C24H27N3O3S. The molecule has 0 spiro atoms. The summed E-state index contributed by atoms with van der Waals surface area (Å²) in [6.07, 6.45) is 7.26. The van der Waals surface area contributed by atoms with Gasteiger partial charge in [-0.15, -0.1) is 0 Å². The largest absolute Gasteiger partial charge is 0.486 e. The van der Waals surface area contributed by atoms with Gasteiger partial charge >= 0.3 is 0 Å². The Hall–Kier alpha value is -2.72. The summed E-state index contributed by atoms with van der Waals surface area (Å²) in [7, 11) is 0. The molecule has 2 aromatic rings. The van der Waals surface area contributed by atoms with E-state index >= 15 is 0 Å². The highest BCUT2D eigenvalue weighted by Crippen LogP contribution is 2.34. The number of amides is 1. The van der Waals surface area contributed by atoms with Gasteiger partial charge in [0.25, 0.3) is 0 Å². The van der Waals surface area contributed by atoms with Crippen molar-refractivity contribution < 1.29 is 14.3 Å². The summed E-state index contributed by atoms with van der Waals surface area (Å²) in [5, 5.41) is 13.0. The lowest BCUT2D eigenvalue weighted by atomic mass is 9.96. The number of nitriles is 1.